The van der Waals surface area contributed by atoms with Crippen molar-refractivity contribution in [3.05, 3.63) is 77.9 Å². The van der Waals surface area contributed by atoms with Crippen LogP contribution in [0.25, 0.3) is 0 Å². The maximum Gasteiger partial charge on any atom is 0.416 e. The highest BCUT2D eigenvalue weighted by Crippen LogP contribution is 2.38. The van der Waals surface area contributed by atoms with Crippen molar-refractivity contribution in [1.82, 2.24) is 0 Å². The van der Waals surface area contributed by atoms with Gasteiger partial charge in [-0.05, 0) is 48.2 Å². The number of sulfone groups is 1. The topological polar surface area (TPSA) is 43.4 Å². The van der Waals surface area contributed by atoms with Crippen molar-refractivity contribution in [1.29, 1.82) is 0 Å². The summed E-state index contributed by atoms with van der Waals surface area (Å²) in [4.78, 5) is 0.208. The van der Waals surface area contributed by atoms with E-state index in [1.165, 1.54) is 12.1 Å². The number of rotatable bonds is 7. The largest absolute Gasteiger partial charge is 0.457 e. The molecule has 1 aliphatic rings. The fourth-order valence-corrected chi connectivity index (χ4v) is 5.68. The zero-order valence-electron chi connectivity index (χ0n) is 16.8. The van der Waals surface area contributed by atoms with Crippen LogP contribution < -0.4 is 4.74 Å². The Bertz CT molecular complexity index is 1090. The highest BCUT2D eigenvalue weighted by molar-refractivity contribution is 14.1. The SMILES string of the molecule is CC1C=C(C(F)(F)F)C=CC1c1cccc(Oc2cccc(S(=O)(=O)CCCI)c2)c1. The van der Waals surface area contributed by atoms with E-state index in [0.717, 1.165) is 16.1 Å². The number of halogens is 4. The third-order valence-electron chi connectivity index (χ3n) is 5.01. The summed E-state index contributed by atoms with van der Waals surface area (Å²) in [7, 11) is -3.38. The van der Waals surface area contributed by atoms with E-state index in [9.17, 15) is 21.6 Å². The lowest BCUT2D eigenvalue weighted by Gasteiger charge is -2.24. The van der Waals surface area contributed by atoms with Crippen LogP contribution >= 0.6 is 22.6 Å². The van der Waals surface area contributed by atoms with E-state index in [1.807, 2.05) is 6.07 Å². The number of alkyl halides is 4. The highest BCUT2D eigenvalue weighted by Gasteiger charge is 2.34. The minimum absolute atomic E-state index is 0.0776. The first kappa shape index (κ1) is 23.8. The van der Waals surface area contributed by atoms with Gasteiger partial charge < -0.3 is 4.74 Å². The molecular formula is C23H22F3IO3S. The summed E-state index contributed by atoms with van der Waals surface area (Å²) in [6.07, 6.45) is 0.133. The van der Waals surface area contributed by atoms with Crippen LogP contribution in [0.2, 0.25) is 0 Å². The second kappa shape index (κ2) is 9.77. The van der Waals surface area contributed by atoms with Crippen molar-refractivity contribution in [3.8, 4) is 11.5 Å². The third-order valence-corrected chi connectivity index (χ3v) is 7.57. The maximum absolute atomic E-state index is 13.0. The van der Waals surface area contributed by atoms with Crippen molar-refractivity contribution in [2.24, 2.45) is 5.92 Å². The van der Waals surface area contributed by atoms with Crippen LogP contribution in [0.5, 0.6) is 11.5 Å². The summed E-state index contributed by atoms with van der Waals surface area (Å²) in [6, 6.07) is 13.5. The molecule has 0 heterocycles. The van der Waals surface area contributed by atoms with Gasteiger partial charge in [0, 0.05) is 10.3 Å². The molecule has 1 aliphatic carbocycles. The second-order valence-corrected chi connectivity index (χ2v) is 10.6. The van der Waals surface area contributed by atoms with Crippen molar-refractivity contribution >= 4 is 32.4 Å². The smallest absolute Gasteiger partial charge is 0.416 e. The Morgan fingerprint density at radius 1 is 1.06 bits per heavy atom. The zero-order valence-corrected chi connectivity index (χ0v) is 19.7. The van der Waals surface area contributed by atoms with Crippen molar-refractivity contribution in [2.75, 3.05) is 10.2 Å². The van der Waals surface area contributed by atoms with E-state index < -0.39 is 21.6 Å². The molecule has 0 radical (unpaired) electrons. The molecule has 0 amide bonds. The molecule has 0 saturated heterocycles. The molecule has 31 heavy (non-hydrogen) atoms. The van der Waals surface area contributed by atoms with Crippen molar-refractivity contribution in [3.63, 3.8) is 0 Å². The van der Waals surface area contributed by atoms with Crippen LogP contribution in [-0.2, 0) is 9.84 Å². The Kier molecular flexibility index (Phi) is 7.51. The molecule has 0 fully saturated rings. The van der Waals surface area contributed by atoms with Crippen LogP contribution in [-0.4, -0.2) is 24.8 Å². The first-order valence-electron chi connectivity index (χ1n) is 9.74. The minimum Gasteiger partial charge on any atom is -0.457 e. The van der Waals surface area contributed by atoms with Gasteiger partial charge in [0.05, 0.1) is 16.2 Å². The maximum atomic E-state index is 13.0. The highest BCUT2D eigenvalue weighted by atomic mass is 127. The van der Waals surface area contributed by atoms with Crippen molar-refractivity contribution < 1.29 is 26.3 Å². The molecule has 2 atom stereocenters. The van der Waals surface area contributed by atoms with E-state index in [1.54, 1.807) is 49.4 Å². The Balaban J connectivity index is 1.79. The molecule has 0 aromatic heterocycles. The predicted molar refractivity (Wildman–Crippen MR) is 124 cm³/mol. The standard InChI is InChI=1S/C23H22F3IO3S/c1-16-13-18(23(24,25)26)9-10-22(16)17-5-2-6-19(14-17)30-20-7-3-8-21(15-20)31(28,29)12-4-11-27/h2-3,5-10,13-16,22H,4,11-12H2,1H3. The number of benzene rings is 2. The van der Waals surface area contributed by atoms with Gasteiger partial charge in [-0.25, -0.2) is 8.42 Å². The molecular weight excluding hydrogens is 540 g/mol. The van der Waals surface area contributed by atoms with E-state index in [-0.39, 0.29) is 22.5 Å². The number of allylic oxidation sites excluding steroid dienone is 4. The minimum atomic E-state index is -4.36. The molecule has 166 valence electrons. The summed E-state index contributed by atoms with van der Waals surface area (Å²) in [6.45, 7) is 1.75. The van der Waals surface area contributed by atoms with Crippen LogP contribution in [0.15, 0.2) is 77.2 Å². The molecule has 0 spiro atoms. The lowest BCUT2D eigenvalue weighted by molar-refractivity contribution is -0.0889. The average Bonchev–Trinajstić information content (AvgIpc) is 2.72. The number of hydrogen-bond acceptors (Lipinski definition) is 3. The molecule has 0 saturated carbocycles. The van der Waals surface area contributed by atoms with Gasteiger partial charge in [-0.2, -0.15) is 13.2 Å². The average molecular weight is 562 g/mol. The zero-order chi connectivity index (χ0) is 22.6. The van der Waals surface area contributed by atoms with E-state index in [2.05, 4.69) is 22.6 Å². The van der Waals surface area contributed by atoms with E-state index in [4.69, 9.17) is 4.74 Å². The summed E-state index contributed by atoms with van der Waals surface area (Å²) in [5, 5.41) is 0. The molecule has 2 aromatic rings. The van der Waals surface area contributed by atoms with Crippen LogP contribution in [0.3, 0.4) is 0 Å². The summed E-state index contributed by atoms with van der Waals surface area (Å²) in [5.41, 5.74) is 0.189. The van der Waals surface area contributed by atoms with Crippen molar-refractivity contribution in [2.45, 2.75) is 30.3 Å². The Morgan fingerprint density at radius 3 is 2.39 bits per heavy atom. The summed E-state index contributed by atoms with van der Waals surface area (Å²) < 4.78 is 70.4. The lowest BCUT2D eigenvalue weighted by Crippen LogP contribution is -2.17. The molecule has 3 rings (SSSR count). The van der Waals surface area contributed by atoms with Gasteiger partial charge in [-0.1, -0.05) is 65.9 Å². The second-order valence-electron chi connectivity index (χ2n) is 7.37. The van der Waals surface area contributed by atoms with Crippen LogP contribution in [0.4, 0.5) is 13.2 Å². The van der Waals surface area contributed by atoms with E-state index in [0.29, 0.717) is 17.9 Å². The van der Waals surface area contributed by atoms with Gasteiger partial charge in [0.25, 0.3) is 0 Å². The van der Waals surface area contributed by atoms with Gasteiger partial charge in [-0.3, -0.25) is 0 Å². The third kappa shape index (κ3) is 6.12. The fourth-order valence-electron chi connectivity index (χ4n) is 3.44. The van der Waals surface area contributed by atoms with Gasteiger partial charge in [0.1, 0.15) is 11.5 Å². The molecule has 2 unspecified atom stereocenters. The first-order valence-corrected chi connectivity index (χ1v) is 12.9. The molecule has 8 heteroatoms. The van der Waals surface area contributed by atoms with Gasteiger partial charge in [0.15, 0.2) is 9.84 Å². The quantitative estimate of drug-likeness (QED) is 0.274. The molecule has 0 aliphatic heterocycles. The van der Waals surface area contributed by atoms with E-state index >= 15 is 0 Å². The molecule has 0 N–H and O–H groups in total. The Hall–Kier alpha value is -1.81. The normalized spacial score (nSPS) is 19.2. The van der Waals surface area contributed by atoms with Gasteiger partial charge in [0.2, 0.25) is 0 Å². The summed E-state index contributed by atoms with van der Waals surface area (Å²) in [5.74, 6) is 0.413. The van der Waals surface area contributed by atoms with Crippen LogP contribution in [0, 0.1) is 5.92 Å². The monoisotopic (exact) mass is 562 g/mol. The Labute approximate surface area is 194 Å². The van der Waals surface area contributed by atoms with Crippen LogP contribution in [0.1, 0.15) is 24.8 Å². The lowest BCUT2D eigenvalue weighted by atomic mass is 9.82. The molecule has 0 bridgehead atoms. The molecule has 2 aromatic carbocycles. The first-order chi connectivity index (χ1) is 14.6. The Morgan fingerprint density at radius 2 is 1.74 bits per heavy atom. The molecule has 3 nitrogen and oxygen atoms in total. The summed E-state index contributed by atoms with van der Waals surface area (Å²) >= 11 is 2.14. The number of ether oxygens (including phenoxy) is 1. The van der Waals surface area contributed by atoms with Gasteiger partial charge in [-0.15, -0.1) is 0 Å². The fraction of sp³-hybridized carbons (Fsp3) is 0.304. The number of hydrogen-bond donors (Lipinski definition) is 0. The predicted octanol–water partition coefficient (Wildman–Crippen LogP) is 6.86. The van der Waals surface area contributed by atoms with Gasteiger partial charge >= 0.3 is 6.18 Å².